The molecule has 0 bridgehead atoms. The fourth-order valence-corrected chi connectivity index (χ4v) is 2.77. The average molecular weight is 274 g/mol. The van der Waals surface area contributed by atoms with Gasteiger partial charge in [-0.25, -0.2) is 0 Å². The summed E-state index contributed by atoms with van der Waals surface area (Å²) in [6.07, 6.45) is 0. The molecule has 19 heavy (non-hydrogen) atoms. The lowest BCUT2D eigenvalue weighted by Gasteiger charge is -2.06. The second kappa shape index (κ2) is 5.75. The van der Waals surface area contributed by atoms with Crippen LogP contribution in [0.15, 0.2) is 47.4 Å². The van der Waals surface area contributed by atoms with E-state index in [1.54, 1.807) is 17.8 Å². The van der Waals surface area contributed by atoms with E-state index in [0.29, 0.717) is 5.75 Å². The first-order chi connectivity index (χ1) is 9.08. The molecule has 0 unspecified atom stereocenters. The lowest BCUT2D eigenvalue weighted by molar-refractivity contribution is -0.383. The summed E-state index contributed by atoms with van der Waals surface area (Å²) in [6, 6.07) is 13.0. The maximum atomic E-state index is 10.8. The molecule has 0 saturated carbocycles. The summed E-state index contributed by atoms with van der Waals surface area (Å²) in [5.41, 5.74) is 8.04. The largest absolute Gasteiger partial charge is 0.393 e. The molecule has 2 aromatic carbocycles. The first-order valence-corrected chi connectivity index (χ1v) is 6.77. The Labute approximate surface area is 115 Å². The zero-order valence-corrected chi connectivity index (χ0v) is 11.3. The van der Waals surface area contributed by atoms with Gasteiger partial charge in [0.15, 0.2) is 0 Å². The molecule has 2 rings (SSSR count). The minimum Gasteiger partial charge on any atom is -0.393 e. The molecule has 0 saturated heterocycles. The van der Waals surface area contributed by atoms with Crippen LogP contribution in [0.1, 0.15) is 11.1 Å². The van der Waals surface area contributed by atoms with Crippen molar-refractivity contribution in [3.63, 3.8) is 0 Å². The Bertz CT molecular complexity index is 614. The highest BCUT2D eigenvalue weighted by Gasteiger charge is 2.14. The van der Waals surface area contributed by atoms with E-state index in [1.165, 1.54) is 11.6 Å². The zero-order chi connectivity index (χ0) is 13.8. The van der Waals surface area contributed by atoms with Crippen molar-refractivity contribution >= 4 is 23.1 Å². The van der Waals surface area contributed by atoms with Crippen LogP contribution in [-0.4, -0.2) is 4.92 Å². The second-order valence-electron chi connectivity index (χ2n) is 4.21. The number of nitro benzene ring substituents is 1. The summed E-state index contributed by atoms with van der Waals surface area (Å²) in [4.78, 5) is 11.5. The average Bonchev–Trinajstić information content (AvgIpc) is 2.37. The third-order valence-electron chi connectivity index (χ3n) is 2.75. The minimum atomic E-state index is -0.448. The van der Waals surface area contributed by atoms with Crippen molar-refractivity contribution in [2.24, 2.45) is 0 Å². The number of hydrogen-bond donors (Lipinski definition) is 1. The van der Waals surface area contributed by atoms with Crippen LogP contribution >= 0.6 is 11.8 Å². The number of nitrogen functional groups attached to an aromatic ring is 1. The number of nitrogens with two attached hydrogens (primary N) is 1. The SMILES string of the molecule is Cc1cccc(SCc2cccc([N+](=O)[O-])c2N)c1. The number of hydrogen-bond acceptors (Lipinski definition) is 4. The summed E-state index contributed by atoms with van der Waals surface area (Å²) in [5, 5.41) is 10.8. The summed E-state index contributed by atoms with van der Waals surface area (Å²) in [7, 11) is 0. The summed E-state index contributed by atoms with van der Waals surface area (Å²) >= 11 is 1.62. The molecule has 0 amide bonds. The van der Waals surface area contributed by atoms with Crippen molar-refractivity contribution in [1.29, 1.82) is 0 Å². The molecule has 0 heterocycles. The van der Waals surface area contributed by atoms with Crippen LogP contribution < -0.4 is 5.73 Å². The molecular formula is C14H14N2O2S. The number of benzene rings is 2. The van der Waals surface area contributed by atoms with Crippen LogP contribution in [0, 0.1) is 17.0 Å². The number of nitrogens with zero attached hydrogens (tertiary/aromatic N) is 1. The van der Waals surface area contributed by atoms with Crippen LogP contribution in [0.4, 0.5) is 11.4 Å². The van der Waals surface area contributed by atoms with Gasteiger partial charge in [0.2, 0.25) is 0 Å². The molecule has 2 N–H and O–H groups in total. The van der Waals surface area contributed by atoms with Gasteiger partial charge in [0.25, 0.3) is 5.69 Å². The Morgan fingerprint density at radius 3 is 2.68 bits per heavy atom. The zero-order valence-electron chi connectivity index (χ0n) is 10.5. The number of thioether (sulfide) groups is 1. The van der Waals surface area contributed by atoms with Crippen molar-refractivity contribution in [1.82, 2.24) is 0 Å². The van der Waals surface area contributed by atoms with Gasteiger partial charge in [-0.2, -0.15) is 0 Å². The predicted molar refractivity (Wildman–Crippen MR) is 78.2 cm³/mol. The van der Waals surface area contributed by atoms with Crippen LogP contribution in [0.25, 0.3) is 0 Å². The number of anilines is 1. The molecule has 0 fully saturated rings. The molecule has 0 aliphatic carbocycles. The Morgan fingerprint density at radius 1 is 1.26 bits per heavy atom. The van der Waals surface area contributed by atoms with Gasteiger partial charge in [-0.1, -0.05) is 29.8 Å². The first kappa shape index (κ1) is 13.4. The molecule has 2 aromatic rings. The highest BCUT2D eigenvalue weighted by molar-refractivity contribution is 7.98. The highest BCUT2D eigenvalue weighted by atomic mass is 32.2. The normalized spacial score (nSPS) is 10.4. The maximum Gasteiger partial charge on any atom is 0.292 e. The van der Waals surface area contributed by atoms with E-state index in [-0.39, 0.29) is 11.4 Å². The standard InChI is InChI=1S/C14H14N2O2S/c1-10-4-2-6-12(8-10)19-9-11-5-3-7-13(14(11)15)16(17)18/h2-8H,9,15H2,1H3. The van der Waals surface area contributed by atoms with E-state index < -0.39 is 4.92 Å². The van der Waals surface area contributed by atoms with E-state index in [0.717, 1.165) is 10.5 Å². The van der Waals surface area contributed by atoms with Gasteiger partial charge >= 0.3 is 0 Å². The number of aryl methyl sites for hydroxylation is 1. The van der Waals surface area contributed by atoms with Gasteiger partial charge in [0, 0.05) is 16.7 Å². The van der Waals surface area contributed by atoms with Crippen LogP contribution in [0.5, 0.6) is 0 Å². The van der Waals surface area contributed by atoms with Crippen molar-refractivity contribution in [3.8, 4) is 0 Å². The van der Waals surface area contributed by atoms with E-state index >= 15 is 0 Å². The molecule has 0 aromatic heterocycles. The Kier molecular flexibility index (Phi) is 4.06. The Balaban J connectivity index is 2.16. The fourth-order valence-electron chi connectivity index (χ4n) is 1.75. The highest BCUT2D eigenvalue weighted by Crippen LogP contribution is 2.30. The molecule has 0 aliphatic heterocycles. The Hall–Kier alpha value is -2.01. The van der Waals surface area contributed by atoms with Crippen molar-refractivity contribution in [2.75, 3.05) is 5.73 Å². The van der Waals surface area contributed by atoms with Crippen LogP contribution in [0.3, 0.4) is 0 Å². The number of para-hydroxylation sites is 1. The van der Waals surface area contributed by atoms with E-state index in [2.05, 4.69) is 6.07 Å². The van der Waals surface area contributed by atoms with Crippen molar-refractivity contribution in [2.45, 2.75) is 17.6 Å². The predicted octanol–water partition coefficient (Wildman–Crippen LogP) is 3.78. The third kappa shape index (κ3) is 3.26. The van der Waals surface area contributed by atoms with E-state index in [1.807, 2.05) is 31.2 Å². The summed E-state index contributed by atoms with van der Waals surface area (Å²) < 4.78 is 0. The molecule has 98 valence electrons. The smallest absolute Gasteiger partial charge is 0.292 e. The second-order valence-corrected chi connectivity index (χ2v) is 5.26. The van der Waals surface area contributed by atoms with Crippen molar-refractivity contribution in [3.05, 3.63) is 63.7 Å². The van der Waals surface area contributed by atoms with Crippen LogP contribution in [-0.2, 0) is 5.75 Å². The number of rotatable bonds is 4. The lowest BCUT2D eigenvalue weighted by Crippen LogP contribution is -1.99. The molecule has 0 spiro atoms. The van der Waals surface area contributed by atoms with Crippen molar-refractivity contribution < 1.29 is 4.92 Å². The molecule has 0 aliphatic rings. The fraction of sp³-hybridized carbons (Fsp3) is 0.143. The van der Waals surface area contributed by atoms with Gasteiger partial charge in [-0.3, -0.25) is 10.1 Å². The molecule has 0 radical (unpaired) electrons. The van der Waals surface area contributed by atoms with Gasteiger partial charge in [0.05, 0.1) is 4.92 Å². The molecule has 0 atom stereocenters. The molecule has 5 heteroatoms. The monoisotopic (exact) mass is 274 g/mol. The van der Waals surface area contributed by atoms with E-state index in [9.17, 15) is 10.1 Å². The molecular weight excluding hydrogens is 260 g/mol. The number of nitro groups is 1. The van der Waals surface area contributed by atoms with Gasteiger partial charge in [0.1, 0.15) is 5.69 Å². The van der Waals surface area contributed by atoms with Crippen LogP contribution in [0.2, 0.25) is 0 Å². The topological polar surface area (TPSA) is 69.2 Å². The Morgan fingerprint density at radius 2 is 2.00 bits per heavy atom. The summed E-state index contributed by atoms with van der Waals surface area (Å²) in [5.74, 6) is 0.622. The van der Waals surface area contributed by atoms with E-state index in [4.69, 9.17) is 5.73 Å². The van der Waals surface area contributed by atoms with Gasteiger partial charge in [-0.05, 0) is 24.6 Å². The lowest BCUT2D eigenvalue weighted by atomic mass is 10.2. The first-order valence-electron chi connectivity index (χ1n) is 5.79. The quantitative estimate of drug-likeness (QED) is 0.399. The van der Waals surface area contributed by atoms with Gasteiger partial charge in [-0.15, -0.1) is 11.8 Å². The minimum absolute atomic E-state index is 0.0256. The summed E-state index contributed by atoms with van der Waals surface area (Å²) in [6.45, 7) is 2.03. The molecule has 4 nitrogen and oxygen atoms in total. The van der Waals surface area contributed by atoms with Gasteiger partial charge < -0.3 is 5.73 Å². The maximum absolute atomic E-state index is 10.8. The third-order valence-corrected chi connectivity index (χ3v) is 3.80.